The summed E-state index contributed by atoms with van der Waals surface area (Å²) < 4.78 is 33.3. The quantitative estimate of drug-likeness (QED) is 0.0880. The number of carbonyl (C=O) groups excluding carboxylic acids is 3. The third-order valence-corrected chi connectivity index (χ3v) is 7.73. The van der Waals surface area contributed by atoms with E-state index in [1.165, 1.54) is 6.07 Å². The van der Waals surface area contributed by atoms with Crippen molar-refractivity contribution in [3.63, 3.8) is 0 Å². The fourth-order valence-corrected chi connectivity index (χ4v) is 5.44. The number of nitrogen functional groups attached to an aromatic ring is 1. The standard InChI is InChI=1S/C22H34N5O17P/c1-8(29)24-5-13(32)26-14-9(30)4-22(20(36)37,43-18(14)15(33)10(31)6-28)44-45(39,40)41-7-11-16(34)17(35)19(42-11)27-3-2-12(23)25-21(27)38/h2-3,9-11,14-19,28,30-31,33-35H,4-7H2,1H3,(H,24,29)(H,26,32)(H,36,37)(H,39,40)(H2,23,25,38)/p-2/t9?,10-,11?,14?,15-,16?,17?,18?,19?,22?/m1/s1. The molecular formula is C22H32N5O17P-2. The first kappa shape index (κ1) is 36.3. The third kappa shape index (κ3) is 8.58. The van der Waals surface area contributed by atoms with Crippen molar-refractivity contribution in [3.05, 3.63) is 22.7 Å². The SMILES string of the molecule is CC(=O)NCC(=O)NC1C(O)CC(OP(=O)([O-])OCC2OC(n3ccc(N)nc3=O)C(O)C2O)(C(=O)[O-])OC1[C@H](O)[C@H](O)CO. The highest BCUT2D eigenvalue weighted by Gasteiger charge is 2.54. The topological polar surface area (TPSA) is 358 Å². The lowest BCUT2D eigenvalue weighted by atomic mass is 9.88. The number of phosphoric ester groups is 1. The normalized spacial score (nSPS) is 32.7. The lowest BCUT2D eigenvalue weighted by molar-refractivity contribution is -0.377. The molecule has 3 heterocycles. The summed E-state index contributed by atoms with van der Waals surface area (Å²) in [6, 6.07) is -0.592. The predicted molar refractivity (Wildman–Crippen MR) is 136 cm³/mol. The van der Waals surface area contributed by atoms with E-state index >= 15 is 0 Å². The monoisotopic (exact) mass is 669 g/mol. The summed E-state index contributed by atoms with van der Waals surface area (Å²) in [5.74, 6) is -7.66. The molecule has 1 aromatic heterocycles. The van der Waals surface area contributed by atoms with Gasteiger partial charge in [0, 0.05) is 19.5 Å². The van der Waals surface area contributed by atoms with E-state index in [1.807, 2.05) is 0 Å². The van der Waals surface area contributed by atoms with Gasteiger partial charge in [0.2, 0.25) is 17.6 Å². The maximum absolute atomic E-state index is 12.8. The number of aliphatic hydroxyl groups excluding tert-OH is 6. The molecule has 10 N–H and O–H groups in total. The van der Waals surface area contributed by atoms with E-state index < -0.39 is 118 Å². The maximum Gasteiger partial charge on any atom is 0.351 e. The number of aliphatic carboxylic acids is 1. The molecule has 2 aliphatic heterocycles. The van der Waals surface area contributed by atoms with Crippen molar-refractivity contribution in [2.24, 2.45) is 0 Å². The number of anilines is 1. The average Bonchev–Trinajstić information content (AvgIpc) is 3.23. The molecule has 2 amide bonds. The number of amides is 2. The molecule has 3 rings (SSSR count). The summed E-state index contributed by atoms with van der Waals surface area (Å²) in [4.78, 5) is 63.8. The molecule has 0 aliphatic carbocycles. The lowest BCUT2D eigenvalue weighted by Crippen LogP contribution is -2.70. The first-order valence-electron chi connectivity index (χ1n) is 13.0. The molecule has 2 saturated heterocycles. The first-order valence-corrected chi connectivity index (χ1v) is 14.5. The van der Waals surface area contributed by atoms with E-state index in [-0.39, 0.29) is 5.82 Å². The molecule has 2 fully saturated rings. The minimum absolute atomic E-state index is 0.162. The van der Waals surface area contributed by atoms with Crippen molar-refractivity contribution in [3.8, 4) is 0 Å². The highest BCUT2D eigenvalue weighted by molar-refractivity contribution is 7.45. The number of phosphoric acid groups is 1. The van der Waals surface area contributed by atoms with Crippen LogP contribution in [-0.4, -0.2) is 132 Å². The first-order chi connectivity index (χ1) is 20.9. The van der Waals surface area contributed by atoms with Crippen LogP contribution >= 0.6 is 7.82 Å². The number of ether oxygens (including phenoxy) is 2. The minimum Gasteiger partial charge on any atom is -0.756 e. The van der Waals surface area contributed by atoms with Crippen LogP contribution in [0.1, 0.15) is 19.6 Å². The van der Waals surface area contributed by atoms with Crippen LogP contribution in [0.2, 0.25) is 0 Å². The number of nitrogens with zero attached hydrogens (tertiary/aromatic N) is 2. The molecule has 0 spiro atoms. The van der Waals surface area contributed by atoms with Crippen molar-refractivity contribution in [1.82, 2.24) is 20.2 Å². The summed E-state index contributed by atoms with van der Waals surface area (Å²) in [6.07, 6.45) is -15.7. The zero-order chi connectivity index (χ0) is 33.9. The van der Waals surface area contributed by atoms with Crippen LogP contribution in [0.25, 0.3) is 0 Å². The van der Waals surface area contributed by atoms with Gasteiger partial charge in [0.05, 0.1) is 31.9 Å². The third-order valence-electron chi connectivity index (χ3n) is 6.75. The Balaban J connectivity index is 1.79. The van der Waals surface area contributed by atoms with Crippen LogP contribution < -0.4 is 32.1 Å². The van der Waals surface area contributed by atoms with Gasteiger partial charge in [0.25, 0.3) is 7.82 Å². The zero-order valence-electron chi connectivity index (χ0n) is 23.3. The Hall–Kier alpha value is -3.12. The molecule has 22 nitrogen and oxygen atoms in total. The van der Waals surface area contributed by atoms with Gasteiger partial charge in [-0.15, -0.1) is 0 Å². The molecule has 23 heteroatoms. The van der Waals surface area contributed by atoms with Crippen LogP contribution in [0.5, 0.6) is 0 Å². The number of carboxylic acids is 1. The smallest absolute Gasteiger partial charge is 0.351 e. The number of carboxylic acid groups (broad SMARTS) is 1. The Labute approximate surface area is 252 Å². The van der Waals surface area contributed by atoms with Gasteiger partial charge in [-0.2, -0.15) is 4.98 Å². The summed E-state index contributed by atoms with van der Waals surface area (Å²) in [7, 11) is -5.88. The Morgan fingerprint density at radius 2 is 1.96 bits per heavy atom. The fourth-order valence-electron chi connectivity index (χ4n) is 4.51. The van der Waals surface area contributed by atoms with Crippen LogP contribution in [0.3, 0.4) is 0 Å². The molecule has 0 radical (unpaired) electrons. The average molecular weight is 669 g/mol. The number of hydrogen-bond acceptors (Lipinski definition) is 19. The second kappa shape index (κ2) is 14.5. The van der Waals surface area contributed by atoms with Gasteiger partial charge in [-0.25, -0.2) is 4.79 Å². The Morgan fingerprint density at radius 1 is 1.29 bits per heavy atom. The molecule has 11 atom stereocenters. The molecule has 0 aromatic carbocycles. The number of aromatic nitrogens is 2. The zero-order valence-corrected chi connectivity index (χ0v) is 24.2. The molecule has 9 unspecified atom stereocenters. The van der Waals surface area contributed by atoms with E-state index in [0.29, 0.717) is 0 Å². The van der Waals surface area contributed by atoms with Crippen molar-refractivity contribution >= 4 is 31.4 Å². The molecule has 0 bridgehead atoms. The van der Waals surface area contributed by atoms with Gasteiger partial charge in [-0.1, -0.05) is 0 Å². The Morgan fingerprint density at radius 3 is 2.53 bits per heavy atom. The van der Waals surface area contributed by atoms with E-state index in [4.69, 9.17) is 15.2 Å². The van der Waals surface area contributed by atoms with Crippen molar-refractivity contribution < 1.29 is 78.1 Å². The molecule has 45 heavy (non-hydrogen) atoms. The van der Waals surface area contributed by atoms with Crippen molar-refractivity contribution in [2.45, 2.75) is 74.1 Å². The number of hydrogen-bond donors (Lipinski definition) is 9. The van der Waals surface area contributed by atoms with E-state index in [1.54, 1.807) is 0 Å². The largest absolute Gasteiger partial charge is 0.756 e. The van der Waals surface area contributed by atoms with Crippen LogP contribution in [-0.2, 0) is 37.5 Å². The second-order valence-corrected chi connectivity index (χ2v) is 11.4. The Bertz CT molecular complexity index is 1350. The van der Waals surface area contributed by atoms with Crippen LogP contribution in [0.15, 0.2) is 17.1 Å². The van der Waals surface area contributed by atoms with Gasteiger partial charge >= 0.3 is 5.69 Å². The number of rotatable bonds is 13. The Kier molecular flexibility index (Phi) is 11.7. The second-order valence-electron chi connectivity index (χ2n) is 10.1. The van der Waals surface area contributed by atoms with Gasteiger partial charge in [-0.3, -0.25) is 23.2 Å². The van der Waals surface area contributed by atoms with Gasteiger partial charge in [-0.05, 0) is 6.07 Å². The maximum atomic E-state index is 12.8. The highest BCUT2D eigenvalue weighted by Crippen LogP contribution is 2.48. The van der Waals surface area contributed by atoms with Crippen LogP contribution in [0, 0.1) is 0 Å². The lowest BCUT2D eigenvalue weighted by Gasteiger charge is -2.50. The number of nitrogens with two attached hydrogens (primary N) is 1. The van der Waals surface area contributed by atoms with Gasteiger partial charge in [0.1, 0.15) is 48.4 Å². The highest BCUT2D eigenvalue weighted by atomic mass is 31.2. The minimum atomic E-state index is -5.88. The van der Waals surface area contributed by atoms with Gasteiger partial charge < -0.3 is 75.8 Å². The summed E-state index contributed by atoms with van der Waals surface area (Å²) in [5.41, 5.74) is 4.42. The van der Waals surface area contributed by atoms with E-state index in [0.717, 1.165) is 17.7 Å². The van der Waals surface area contributed by atoms with E-state index in [2.05, 4.69) is 24.7 Å². The van der Waals surface area contributed by atoms with Crippen LogP contribution in [0.4, 0.5) is 5.82 Å². The van der Waals surface area contributed by atoms with Crippen molar-refractivity contribution in [1.29, 1.82) is 0 Å². The molecule has 254 valence electrons. The predicted octanol–water partition coefficient (Wildman–Crippen LogP) is -8.12. The summed E-state index contributed by atoms with van der Waals surface area (Å²) in [5, 5.41) is 77.5. The molecule has 1 aromatic rings. The molecule has 2 aliphatic rings. The number of nitrogens with one attached hydrogen (secondary N) is 2. The number of aliphatic hydroxyl groups is 6. The molecule has 0 saturated carbocycles. The van der Waals surface area contributed by atoms with Crippen molar-refractivity contribution in [2.75, 3.05) is 25.5 Å². The fraction of sp³-hybridized carbons (Fsp3) is 0.682. The molecular weight excluding hydrogens is 637 g/mol. The summed E-state index contributed by atoms with van der Waals surface area (Å²) >= 11 is 0. The number of carbonyl (C=O) groups is 3. The van der Waals surface area contributed by atoms with E-state index in [9.17, 15) is 64.4 Å². The summed E-state index contributed by atoms with van der Waals surface area (Å²) in [6.45, 7) is -1.83. The van der Waals surface area contributed by atoms with Gasteiger partial charge in [0.15, 0.2) is 6.23 Å².